The number of carbonyl (C=O) groups is 3. The van der Waals surface area contributed by atoms with Gasteiger partial charge in [-0.25, -0.2) is 54.3 Å². The number of ether oxygens (including phenoxy) is 6. The number of benzene rings is 3. The first-order valence-corrected chi connectivity index (χ1v) is 47.9. The highest BCUT2D eigenvalue weighted by Gasteiger charge is 2.35. The largest absolute Gasteiger partial charge is 0.526 e. The van der Waals surface area contributed by atoms with Gasteiger partial charge in [-0.1, -0.05) is 66.2 Å². The van der Waals surface area contributed by atoms with Crippen LogP contribution in [0.4, 0.5) is 14.4 Å². The fraction of sp³-hybridized carbons (Fsp3) is 0.446. The topological polar surface area (TPSA) is 323 Å². The Morgan fingerprint density at radius 3 is 1.09 bits per heavy atom. The van der Waals surface area contributed by atoms with E-state index in [9.17, 15) is 19.5 Å². The Balaban J connectivity index is 0.000000136. The molecule has 674 valence electrons. The highest BCUT2D eigenvalue weighted by Crippen LogP contribution is 2.44. The van der Waals surface area contributed by atoms with Gasteiger partial charge in [-0.3, -0.25) is 0 Å². The molecule has 3 amide bonds. The van der Waals surface area contributed by atoms with Crippen LogP contribution in [-0.2, 0) is 14.2 Å². The minimum Gasteiger partial charge on any atom is -0.474 e. The second kappa shape index (κ2) is 42.6. The lowest BCUT2D eigenvalue weighted by Gasteiger charge is -2.35. The number of aliphatic hydroxyl groups is 1. The third-order valence-electron chi connectivity index (χ3n) is 22.2. The van der Waals surface area contributed by atoms with Crippen LogP contribution in [0.25, 0.3) is 96.4 Å². The third kappa shape index (κ3) is 25.3. The highest BCUT2D eigenvalue weighted by atomic mass is 79.9. The summed E-state index contributed by atoms with van der Waals surface area (Å²) < 4.78 is 54.5. The molecular weight excluding hydrogens is 1850 g/mol. The molecule has 0 atom stereocenters. The zero-order valence-electron chi connectivity index (χ0n) is 73.7. The molecular formula is C92H108BBr2ClN12O15S4. The SMILES string of the molecule is CN(C(=O)OC(C)(C)C)C1CCC(O)CC1.CN(C(=O)OC(C)(C)C)C1CCC(Oc2ncnc3scc(-c4cc5ccccc5o4)c23)CC1.CN(C(=O)OC(C)(C)C)C1CCC(Oc2ncnc3scc(Br)c23)CC1.CN(C)C1CCC(Oc2ncnc3scc(-c4cc5ccccc5o4)c23)CC1.Clc1ncnc2scc(Br)c12.OB(O)c1cc2ccccc2o1. The van der Waals surface area contributed by atoms with Crippen molar-refractivity contribution in [3.63, 3.8) is 0 Å². The number of thiophene rings is 4. The van der Waals surface area contributed by atoms with Gasteiger partial charge in [0.1, 0.15) is 119 Å². The first-order valence-electron chi connectivity index (χ1n) is 42.5. The smallest absolute Gasteiger partial charge is 0.474 e. The standard InChI is InChI=1S/C26H29N3O4S.C22H23N3O2S.C18H24BrN3O3S.C12H23NO3.C8H7BO3.C6H2BrClN2S/c1-26(2,3)33-25(30)29(4)17-9-11-18(12-10-17)31-23-22-19(14-34-24(22)28-15-27-23)21-13-16-7-5-6-8-20(16)32-21;1-25(2)15-7-9-16(10-8-15)26-21-20-17(12-28-22(20)24-13-23-21)19-11-14-5-3-4-6-18(14)27-19;1-18(2,3)25-17(23)22(4)11-5-7-12(8-6-11)24-15-14-13(19)9-26-16(14)21-10-20-15;1-12(2,3)16-11(15)13(4)9-5-7-10(14)8-6-9;10-9(11)8-5-6-3-1-2-4-7(6)12-8;7-3-1-11-6-4(3)5(8)9-2-10-6/h5-8,13-15,17-18H,9-12H2,1-4H3;3-6,11-13,15-16H,7-10H2,1-2H3;9-12H,5-8H2,1-4H3;9-10,14H,5-8H2,1-4H3;1-5,10-11H;1-2H. The van der Waals surface area contributed by atoms with E-state index in [0.29, 0.717) is 34.4 Å². The zero-order chi connectivity index (χ0) is 90.6. The van der Waals surface area contributed by atoms with Crippen LogP contribution in [0.2, 0.25) is 5.15 Å². The number of hydrogen-bond donors (Lipinski definition) is 3. The number of furan rings is 3. The Morgan fingerprint density at radius 2 is 0.732 bits per heavy atom. The first kappa shape index (κ1) is 95.4. The van der Waals surface area contributed by atoms with Gasteiger partial charge in [0.2, 0.25) is 17.6 Å². The van der Waals surface area contributed by atoms with Crippen molar-refractivity contribution < 1.29 is 71.2 Å². The van der Waals surface area contributed by atoms with Crippen molar-refractivity contribution in [3.8, 4) is 40.3 Å². The molecule has 27 nitrogen and oxygen atoms in total. The molecule has 11 aromatic heterocycles. The van der Waals surface area contributed by atoms with Crippen LogP contribution < -0.4 is 19.9 Å². The molecule has 0 saturated heterocycles. The maximum Gasteiger partial charge on any atom is 0.526 e. The van der Waals surface area contributed by atoms with E-state index < -0.39 is 23.9 Å². The summed E-state index contributed by atoms with van der Waals surface area (Å²) in [4.78, 5) is 81.9. The van der Waals surface area contributed by atoms with E-state index in [-0.39, 0.29) is 66.5 Å². The minimum absolute atomic E-state index is 0.0322. The molecule has 0 aliphatic heterocycles. The van der Waals surface area contributed by atoms with Crippen LogP contribution in [0, 0.1) is 0 Å². The van der Waals surface area contributed by atoms with E-state index >= 15 is 0 Å². The average Bonchev–Trinajstić information content (AvgIpc) is 1.63. The number of amides is 3. The number of para-hydroxylation sites is 3. The summed E-state index contributed by atoms with van der Waals surface area (Å²) in [6, 6.07) is 30.3. The van der Waals surface area contributed by atoms with Gasteiger partial charge in [-0.2, -0.15) is 0 Å². The van der Waals surface area contributed by atoms with Crippen LogP contribution in [0.3, 0.4) is 0 Å². The molecule has 3 aromatic carbocycles. The van der Waals surface area contributed by atoms with Crippen molar-refractivity contribution in [2.45, 2.75) is 230 Å². The molecule has 0 bridgehead atoms. The van der Waals surface area contributed by atoms with E-state index in [1.165, 1.54) is 6.33 Å². The van der Waals surface area contributed by atoms with Crippen LogP contribution in [0.1, 0.15) is 165 Å². The number of aromatic nitrogens is 8. The Kier molecular flexibility index (Phi) is 32.0. The van der Waals surface area contributed by atoms with Gasteiger partial charge >= 0.3 is 25.4 Å². The molecule has 4 saturated carbocycles. The van der Waals surface area contributed by atoms with Crippen molar-refractivity contribution in [2.24, 2.45) is 0 Å². The molecule has 18 rings (SSSR count). The number of nitrogens with zero attached hydrogens (tertiary/aromatic N) is 12. The predicted molar refractivity (Wildman–Crippen MR) is 510 cm³/mol. The number of halogens is 3. The Hall–Kier alpha value is -9.20. The van der Waals surface area contributed by atoms with Crippen molar-refractivity contribution in [3.05, 3.63) is 152 Å². The molecule has 127 heavy (non-hydrogen) atoms. The first-order chi connectivity index (χ1) is 60.6. The van der Waals surface area contributed by atoms with E-state index in [2.05, 4.69) is 114 Å². The summed E-state index contributed by atoms with van der Waals surface area (Å²) in [7, 11) is 8.19. The molecule has 0 unspecified atom stereocenters. The molecule has 11 heterocycles. The molecule has 0 radical (unpaired) electrons. The zero-order valence-corrected chi connectivity index (χ0v) is 80.9. The van der Waals surface area contributed by atoms with Crippen LogP contribution in [0.15, 0.2) is 160 Å². The minimum atomic E-state index is -1.53. The number of fused-ring (bicyclic) bond motifs is 7. The summed E-state index contributed by atoms with van der Waals surface area (Å²) in [6.07, 6.45) is 20.1. The number of rotatable bonds is 13. The predicted octanol–water partition coefficient (Wildman–Crippen LogP) is 22.4. The van der Waals surface area contributed by atoms with Gasteiger partial charge in [0.25, 0.3) is 0 Å². The lowest BCUT2D eigenvalue weighted by atomic mass is 9.88. The summed E-state index contributed by atoms with van der Waals surface area (Å²) in [5.74, 6) is 3.52. The van der Waals surface area contributed by atoms with Crippen LogP contribution >= 0.6 is 88.8 Å². The van der Waals surface area contributed by atoms with Crippen molar-refractivity contribution in [1.82, 2.24) is 59.5 Å². The third-order valence-corrected chi connectivity index (χ3v) is 27.9. The van der Waals surface area contributed by atoms with E-state index in [1.54, 1.807) is 98.2 Å². The second-order valence-electron chi connectivity index (χ2n) is 35.1. The number of aliphatic hydroxyl groups excluding tert-OH is 1. The summed E-state index contributed by atoms with van der Waals surface area (Å²) >= 11 is 19.0. The molecule has 4 fully saturated rings. The number of carbonyl (C=O) groups excluding carboxylic acids is 3. The molecule has 35 heteroatoms. The molecule has 4 aliphatic carbocycles. The lowest BCUT2D eigenvalue weighted by Crippen LogP contribution is -2.43. The summed E-state index contributed by atoms with van der Waals surface area (Å²) in [5, 5.41) is 42.3. The Bertz CT molecular complexity index is 5910. The normalized spacial score (nSPS) is 19.0. The fourth-order valence-electron chi connectivity index (χ4n) is 15.5. The van der Waals surface area contributed by atoms with Crippen molar-refractivity contribution >= 4 is 194 Å². The summed E-state index contributed by atoms with van der Waals surface area (Å²) in [6.45, 7) is 16.9. The second-order valence-corrected chi connectivity index (χ2v) is 40.6. The molecule has 4 aliphatic rings. The van der Waals surface area contributed by atoms with Crippen molar-refractivity contribution in [1.29, 1.82) is 0 Å². The van der Waals surface area contributed by atoms with Gasteiger partial charge in [-0.15, -0.1) is 45.3 Å². The molecule has 0 spiro atoms. The fourth-order valence-corrected chi connectivity index (χ4v) is 20.7. The highest BCUT2D eigenvalue weighted by molar-refractivity contribution is 9.11. The maximum absolute atomic E-state index is 12.4. The van der Waals surface area contributed by atoms with E-state index in [1.807, 2.05) is 154 Å². The maximum atomic E-state index is 12.4. The van der Waals surface area contributed by atoms with Crippen LogP contribution in [-0.4, -0.2) is 201 Å². The average molecular weight is 1960 g/mol. The van der Waals surface area contributed by atoms with E-state index in [4.69, 9.17) is 63.3 Å². The van der Waals surface area contributed by atoms with Gasteiger partial charge in [0.15, 0.2) is 0 Å². The van der Waals surface area contributed by atoms with Gasteiger partial charge in [-0.05, 0) is 247 Å². The van der Waals surface area contributed by atoms with Gasteiger partial charge < -0.3 is 76.4 Å². The monoisotopic (exact) mass is 1950 g/mol. The quantitative estimate of drug-likeness (QED) is 0.0548. The lowest BCUT2D eigenvalue weighted by molar-refractivity contribution is 0.0118. The Labute approximate surface area is 776 Å². The molecule has 14 aromatic rings. The van der Waals surface area contributed by atoms with Gasteiger partial charge in [0.05, 0.1) is 27.6 Å². The number of hydrogen-bond acceptors (Lipinski definition) is 28. The summed E-state index contributed by atoms with van der Waals surface area (Å²) in [5.41, 5.74) is 3.12. The molecule has 3 N–H and O–H groups in total. The van der Waals surface area contributed by atoms with Gasteiger partial charge in [0, 0.05) is 103 Å². The van der Waals surface area contributed by atoms with Crippen LogP contribution in [0.5, 0.6) is 17.6 Å². The van der Waals surface area contributed by atoms with E-state index in [0.717, 1.165) is 203 Å². The Morgan fingerprint density at radius 1 is 0.417 bits per heavy atom. The van der Waals surface area contributed by atoms with Crippen molar-refractivity contribution in [2.75, 3.05) is 35.2 Å².